The SMILES string of the molecule is CC(C#Cc1ccccc1)OCc1ccccc1. The van der Waals surface area contributed by atoms with E-state index in [2.05, 4.69) is 24.0 Å². The van der Waals surface area contributed by atoms with Gasteiger partial charge in [0.1, 0.15) is 6.10 Å². The van der Waals surface area contributed by atoms with Crippen molar-refractivity contribution in [1.29, 1.82) is 0 Å². The maximum Gasteiger partial charge on any atom is 0.116 e. The van der Waals surface area contributed by atoms with Crippen LogP contribution in [0.3, 0.4) is 0 Å². The number of rotatable bonds is 3. The molecule has 0 saturated heterocycles. The van der Waals surface area contributed by atoms with E-state index < -0.39 is 0 Å². The van der Waals surface area contributed by atoms with E-state index in [1.807, 2.05) is 55.5 Å². The molecule has 90 valence electrons. The first-order chi connectivity index (χ1) is 8.84. The van der Waals surface area contributed by atoms with E-state index >= 15 is 0 Å². The molecule has 0 heterocycles. The normalized spacial score (nSPS) is 11.4. The van der Waals surface area contributed by atoms with Gasteiger partial charge in [-0.1, -0.05) is 60.4 Å². The zero-order valence-electron chi connectivity index (χ0n) is 10.5. The van der Waals surface area contributed by atoms with Crippen LogP contribution in [0.4, 0.5) is 0 Å². The van der Waals surface area contributed by atoms with Crippen LogP contribution in [0.5, 0.6) is 0 Å². The highest BCUT2D eigenvalue weighted by atomic mass is 16.5. The van der Waals surface area contributed by atoms with E-state index in [1.54, 1.807) is 0 Å². The van der Waals surface area contributed by atoms with Crippen LogP contribution >= 0.6 is 0 Å². The first kappa shape index (κ1) is 12.4. The summed E-state index contributed by atoms with van der Waals surface area (Å²) in [6.45, 7) is 2.57. The molecule has 18 heavy (non-hydrogen) atoms. The largest absolute Gasteiger partial charge is 0.361 e. The van der Waals surface area contributed by atoms with Gasteiger partial charge < -0.3 is 4.74 Å². The van der Waals surface area contributed by atoms with Gasteiger partial charge in [0.2, 0.25) is 0 Å². The van der Waals surface area contributed by atoms with Crippen molar-refractivity contribution < 1.29 is 4.74 Å². The number of hydrogen-bond donors (Lipinski definition) is 0. The van der Waals surface area contributed by atoms with Crippen molar-refractivity contribution in [1.82, 2.24) is 0 Å². The second-order valence-electron chi connectivity index (χ2n) is 4.07. The first-order valence-electron chi connectivity index (χ1n) is 6.07. The highest BCUT2D eigenvalue weighted by Crippen LogP contribution is 2.03. The van der Waals surface area contributed by atoms with Crippen LogP contribution in [0, 0.1) is 11.8 Å². The third-order valence-electron chi connectivity index (χ3n) is 2.54. The molecule has 1 unspecified atom stereocenters. The molecular formula is C17H16O. The van der Waals surface area contributed by atoms with Gasteiger partial charge in [-0.15, -0.1) is 0 Å². The minimum atomic E-state index is -0.0644. The van der Waals surface area contributed by atoms with E-state index in [1.165, 1.54) is 5.56 Å². The van der Waals surface area contributed by atoms with Crippen LogP contribution in [0.2, 0.25) is 0 Å². The topological polar surface area (TPSA) is 9.23 Å². The van der Waals surface area contributed by atoms with Gasteiger partial charge in [0.05, 0.1) is 6.61 Å². The van der Waals surface area contributed by atoms with Crippen molar-refractivity contribution >= 4 is 0 Å². The lowest BCUT2D eigenvalue weighted by Crippen LogP contribution is -2.04. The van der Waals surface area contributed by atoms with Crippen molar-refractivity contribution in [3.05, 3.63) is 71.8 Å². The zero-order chi connectivity index (χ0) is 12.6. The first-order valence-corrected chi connectivity index (χ1v) is 6.07. The minimum Gasteiger partial charge on any atom is -0.361 e. The van der Waals surface area contributed by atoms with Crippen LogP contribution in [0.1, 0.15) is 18.1 Å². The van der Waals surface area contributed by atoms with E-state index in [0.29, 0.717) is 6.61 Å². The lowest BCUT2D eigenvalue weighted by atomic mass is 10.2. The fourth-order valence-corrected chi connectivity index (χ4v) is 1.54. The molecule has 1 nitrogen and oxygen atoms in total. The Hall–Kier alpha value is -2.04. The zero-order valence-corrected chi connectivity index (χ0v) is 10.5. The van der Waals surface area contributed by atoms with Crippen LogP contribution in [-0.4, -0.2) is 6.10 Å². The van der Waals surface area contributed by atoms with E-state index in [9.17, 15) is 0 Å². The summed E-state index contributed by atoms with van der Waals surface area (Å²) in [7, 11) is 0. The second kappa shape index (κ2) is 6.64. The molecule has 0 aromatic heterocycles. The van der Waals surface area contributed by atoms with Crippen molar-refractivity contribution in [2.45, 2.75) is 19.6 Å². The number of benzene rings is 2. The van der Waals surface area contributed by atoms with Crippen LogP contribution in [-0.2, 0) is 11.3 Å². The van der Waals surface area contributed by atoms with Gasteiger partial charge in [0.15, 0.2) is 0 Å². The third-order valence-corrected chi connectivity index (χ3v) is 2.54. The Morgan fingerprint density at radius 1 is 0.944 bits per heavy atom. The van der Waals surface area contributed by atoms with Crippen LogP contribution in [0.15, 0.2) is 60.7 Å². The van der Waals surface area contributed by atoms with Gasteiger partial charge in [-0.2, -0.15) is 0 Å². The standard InChI is InChI=1S/C17H16O/c1-15(12-13-16-8-4-2-5-9-16)18-14-17-10-6-3-7-11-17/h2-11,15H,14H2,1H3. The molecule has 0 aliphatic carbocycles. The molecule has 0 bridgehead atoms. The van der Waals surface area contributed by atoms with Crippen LogP contribution in [0.25, 0.3) is 0 Å². The molecular weight excluding hydrogens is 220 g/mol. The van der Waals surface area contributed by atoms with Crippen molar-refractivity contribution in [2.24, 2.45) is 0 Å². The molecule has 0 amide bonds. The summed E-state index contributed by atoms with van der Waals surface area (Å²) in [5.41, 5.74) is 2.19. The number of hydrogen-bond acceptors (Lipinski definition) is 1. The Morgan fingerprint density at radius 3 is 2.22 bits per heavy atom. The molecule has 2 aromatic rings. The summed E-state index contributed by atoms with van der Waals surface area (Å²) < 4.78 is 5.68. The minimum absolute atomic E-state index is 0.0644. The predicted octanol–water partition coefficient (Wildman–Crippen LogP) is 3.64. The molecule has 0 aliphatic rings. The molecule has 0 spiro atoms. The van der Waals surface area contributed by atoms with Crippen LogP contribution < -0.4 is 0 Å². The highest BCUT2D eigenvalue weighted by molar-refractivity contribution is 5.34. The monoisotopic (exact) mass is 236 g/mol. The van der Waals surface area contributed by atoms with Gasteiger partial charge in [-0.25, -0.2) is 0 Å². The average molecular weight is 236 g/mol. The third kappa shape index (κ3) is 4.08. The Kier molecular flexibility index (Phi) is 4.58. The lowest BCUT2D eigenvalue weighted by molar-refractivity contribution is 0.0901. The van der Waals surface area contributed by atoms with Gasteiger partial charge in [-0.3, -0.25) is 0 Å². The van der Waals surface area contributed by atoms with Gasteiger partial charge in [-0.05, 0) is 24.6 Å². The van der Waals surface area contributed by atoms with Gasteiger partial charge in [0.25, 0.3) is 0 Å². The smallest absolute Gasteiger partial charge is 0.116 e. The lowest BCUT2D eigenvalue weighted by Gasteiger charge is -2.06. The summed E-state index contributed by atoms with van der Waals surface area (Å²) >= 11 is 0. The summed E-state index contributed by atoms with van der Waals surface area (Å²) in [6, 6.07) is 20.1. The molecule has 0 aliphatic heterocycles. The molecule has 1 atom stereocenters. The average Bonchev–Trinajstić information content (AvgIpc) is 2.45. The second-order valence-corrected chi connectivity index (χ2v) is 4.07. The van der Waals surface area contributed by atoms with E-state index in [4.69, 9.17) is 4.74 Å². The van der Waals surface area contributed by atoms with Gasteiger partial charge in [0, 0.05) is 5.56 Å². The fraction of sp³-hybridized carbons (Fsp3) is 0.176. The Bertz CT molecular complexity index is 520. The Morgan fingerprint density at radius 2 is 1.56 bits per heavy atom. The fourth-order valence-electron chi connectivity index (χ4n) is 1.54. The summed E-state index contributed by atoms with van der Waals surface area (Å²) in [5.74, 6) is 6.20. The highest BCUT2D eigenvalue weighted by Gasteiger charge is 1.97. The Labute approximate surface area is 108 Å². The van der Waals surface area contributed by atoms with E-state index in [0.717, 1.165) is 5.56 Å². The van der Waals surface area contributed by atoms with Crippen molar-refractivity contribution in [3.8, 4) is 11.8 Å². The molecule has 2 aromatic carbocycles. The van der Waals surface area contributed by atoms with Crippen molar-refractivity contribution in [3.63, 3.8) is 0 Å². The van der Waals surface area contributed by atoms with Crippen molar-refractivity contribution in [2.75, 3.05) is 0 Å². The maximum atomic E-state index is 5.68. The molecule has 0 fully saturated rings. The summed E-state index contributed by atoms with van der Waals surface area (Å²) in [5, 5.41) is 0. The molecule has 0 N–H and O–H groups in total. The maximum absolute atomic E-state index is 5.68. The number of ether oxygens (including phenoxy) is 1. The molecule has 1 heteroatoms. The predicted molar refractivity (Wildman–Crippen MR) is 74.0 cm³/mol. The Balaban J connectivity index is 1.86. The molecule has 0 saturated carbocycles. The molecule has 2 rings (SSSR count). The molecule has 0 radical (unpaired) electrons. The summed E-state index contributed by atoms with van der Waals surface area (Å²) in [6.07, 6.45) is -0.0644. The summed E-state index contributed by atoms with van der Waals surface area (Å²) in [4.78, 5) is 0. The van der Waals surface area contributed by atoms with E-state index in [-0.39, 0.29) is 6.10 Å². The van der Waals surface area contributed by atoms with Gasteiger partial charge >= 0.3 is 0 Å². The quantitative estimate of drug-likeness (QED) is 0.739.